The van der Waals surface area contributed by atoms with E-state index in [1.807, 2.05) is 32.7 Å². The van der Waals surface area contributed by atoms with Crippen LogP contribution in [0.15, 0.2) is 0 Å². The quantitative estimate of drug-likeness (QED) is 0.421. The molecule has 0 amide bonds. The summed E-state index contributed by atoms with van der Waals surface area (Å²) >= 11 is 0. The first kappa shape index (κ1) is 23.8. The molecule has 7 nitrogen and oxygen atoms in total. The van der Waals surface area contributed by atoms with E-state index in [-0.39, 0.29) is 0 Å². The van der Waals surface area contributed by atoms with Crippen LogP contribution in [-0.2, 0) is 29.4 Å². The molecule has 0 N–H and O–H groups in total. The highest BCUT2D eigenvalue weighted by Crippen LogP contribution is 2.21. The van der Waals surface area contributed by atoms with Crippen molar-refractivity contribution >= 4 is 45.5 Å². The van der Waals surface area contributed by atoms with E-state index in [4.69, 9.17) is 29.4 Å². The Bertz CT molecular complexity index is 351. The van der Waals surface area contributed by atoms with E-state index in [1.54, 1.807) is 0 Å². The Morgan fingerprint density at radius 3 is 1.40 bits per heavy atom. The van der Waals surface area contributed by atoms with Crippen LogP contribution in [0.25, 0.3) is 0 Å². The Kier molecular flexibility index (Phi) is 11.1. The molecule has 0 aromatic rings. The van der Waals surface area contributed by atoms with Crippen molar-refractivity contribution in [2.45, 2.75) is 72.3 Å². The molecule has 1 fully saturated rings. The van der Waals surface area contributed by atoms with E-state index in [0.717, 1.165) is 25.7 Å². The Morgan fingerprint density at radius 2 is 1.04 bits per heavy atom. The molecule has 25 heavy (non-hydrogen) atoms. The van der Waals surface area contributed by atoms with E-state index < -0.39 is 45.5 Å². The van der Waals surface area contributed by atoms with Crippen LogP contribution >= 0.6 is 0 Å². The molecular weight excluding hydrogens is 409 g/mol. The summed E-state index contributed by atoms with van der Waals surface area (Å²) < 4.78 is 42.9. The average molecular weight is 445 g/mol. The first-order valence-corrected chi connectivity index (χ1v) is 20.1. The van der Waals surface area contributed by atoms with Gasteiger partial charge in [-0.2, -0.15) is 0 Å². The van der Waals surface area contributed by atoms with E-state index in [2.05, 4.69) is 13.8 Å². The van der Waals surface area contributed by atoms with Crippen molar-refractivity contribution in [1.29, 1.82) is 0 Å². The second-order valence-electron chi connectivity index (χ2n) is 6.44. The lowest BCUT2D eigenvalue weighted by molar-refractivity contribution is 0.119. The van der Waals surface area contributed by atoms with E-state index in [9.17, 15) is 0 Å². The van der Waals surface area contributed by atoms with Crippen molar-refractivity contribution in [2.75, 3.05) is 13.2 Å². The van der Waals surface area contributed by atoms with E-state index in [0.29, 0.717) is 13.2 Å². The molecule has 0 aromatic heterocycles. The van der Waals surface area contributed by atoms with Gasteiger partial charge in [0, 0.05) is 26.3 Å². The van der Waals surface area contributed by atoms with Crippen LogP contribution < -0.4 is 0 Å². The molecule has 150 valence electrons. The maximum atomic E-state index is 6.22. The fourth-order valence-corrected chi connectivity index (χ4v) is 20.0. The summed E-state index contributed by atoms with van der Waals surface area (Å²) in [6, 6.07) is 0. The lowest BCUT2D eigenvalue weighted by Crippen LogP contribution is -2.58. The third kappa shape index (κ3) is 9.52. The first-order valence-electron chi connectivity index (χ1n) is 9.36. The zero-order chi connectivity index (χ0) is 18.9. The standard InChI is InChI=1S/C13H36O7Si5/c1-8-10-12-14-24(6)17-21(3)16-22(4)18-25(7,15-13-11-9-2)20-23(5)19-24/h21-23H,8-13H2,1-7H3. The van der Waals surface area contributed by atoms with Gasteiger partial charge in [0.25, 0.3) is 0 Å². The van der Waals surface area contributed by atoms with Crippen LogP contribution in [0.2, 0.25) is 32.7 Å². The van der Waals surface area contributed by atoms with Gasteiger partial charge in [-0.15, -0.1) is 0 Å². The molecule has 0 spiro atoms. The van der Waals surface area contributed by atoms with Gasteiger partial charge in [0.1, 0.15) is 0 Å². The van der Waals surface area contributed by atoms with Crippen molar-refractivity contribution in [3.05, 3.63) is 0 Å². The Hall–Kier alpha value is 0.804. The van der Waals surface area contributed by atoms with Gasteiger partial charge in [-0.3, -0.25) is 0 Å². The molecule has 0 aromatic carbocycles. The monoisotopic (exact) mass is 444 g/mol. The summed E-state index contributed by atoms with van der Waals surface area (Å²) in [5.41, 5.74) is 0. The van der Waals surface area contributed by atoms with Crippen LogP contribution in [0.3, 0.4) is 0 Å². The van der Waals surface area contributed by atoms with Crippen molar-refractivity contribution in [3.8, 4) is 0 Å². The molecule has 1 aliphatic rings. The summed E-state index contributed by atoms with van der Waals surface area (Å²) in [7, 11) is -11.3. The molecule has 0 aliphatic carbocycles. The van der Waals surface area contributed by atoms with Crippen LogP contribution in [0.5, 0.6) is 0 Å². The number of unbranched alkanes of at least 4 members (excludes halogenated alkanes) is 2. The zero-order valence-electron chi connectivity index (χ0n) is 16.8. The van der Waals surface area contributed by atoms with Crippen molar-refractivity contribution in [3.63, 3.8) is 0 Å². The largest absolute Gasteiger partial charge is 0.479 e. The SMILES string of the molecule is CCCCO[Si]1(C)O[SiH](C)O[SiH](C)O[Si](C)(OCCCC)O[SiH](C)O1. The minimum Gasteiger partial charge on any atom is -0.420 e. The molecule has 0 radical (unpaired) electrons. The van der Waals surface area contributed by atoms with E-state index in [1.165, 1.54) is 0 Å². The summed E-state index contributed by atoms with van der Waals surface area (Å²) in [5.74, 6) is 0. The van der Waals surface area contributed by atoms with Crippen LogP contribution in [0, 0.1) is 0 Å². The molecule has 1 saturated heterocycles. The first-order chi connectivity index (χ1) is 11.7. The minimum atomic E-state index is -2.76. The Morgan fingerprint density at radius 1 is 0.680 bits per heavy atom. The van der Waals surface area contributed by atoms with Gasteiger partial charge in [0.15, 0.2) is 0 Å². The fraction of sp³-hybridized carbons (Fsp3) is 1.00. The zero-order valence-corrected chi connectivity index (χ0v) is 22.3. The molecule has 1 aliphatic heterocycles. The van der Waals surface area contributed by atoms with Crippen molar-refractivity contribution in [2.24, 2.45) is 0 Å². The van der Waals surface area contributed by atoms with Crippen molar-refractivity contribution < 1.29 is 29.4 Å². The van der Waals surface area contributed by atoms with Gasteiger partial charge >= 0.3 is 45.5 Å². The van der Waals surface area contributed by atoms with Gasteiger partial charge in [-0.25, -0.2) is 0 Å². The van der Waals surface area contributed by atoms with Gasteiger partial charge < -0.3 is 29.4 Å². The van der Waals surface area contributed by atoms with Gasteiger partial charge in [0.2, 0.25) is 0 Å². The summed E-state index contributed by atoms with van der Waals surface area (Å²) in [6.07, 6.45) is 4.13. The number of hydrogen-bond donors (Lipinski definition) is 0. The Balaban J connectivity index is 2.83. The maximum Gasteiger partial charge on any atom is 0.479 e. The average Bonchev–Trinajstić information content (AvgIpc) is 2.45. The lowest BCUT2D eigenvalue weighted by atomic mass is 10.4. The predicted molar refractivity (Wildman–Crippen MR) is 109 cm³/mol. The van der Waals surface area contributed by atoms with Crippen molar-refractivity contribution in [1.82, 2.24) is 0 Å². The molecule has 1 heterocycles. The highest BCUT2D eigenvalue weighted by Gasteiger charge is 2.46. The molecular formula is C13H36O7Si5. The van der Waals surface area contributed by atoms with Crippen LogP contribution in [-0.4, -0.2) is 58.7 Å². The van der Waals surface area contributed by atoms with Gasteiger partial charge in [-0.1, -0.05) is 26.7 Å². The summed E-state index contributed by atoms with van der Waals surface area (Å²) in [6.45, 7) is 15.5. The fourth-order valence-electron chi connectivity index (χ4n) is 2.55. The number of hydrogen-bond acceptors (Lipinski definition) is 7. The van der Waals surface area contributed by atoms with Crippen LogP contribution in [0.1, 0.15) is 39.5 Å². The van der Waals surface area contributed by atoms with E-state index >= 15 is 0 Å². The number of rotatable bonds is 8. The normalized spacial score (nSPS) is 37.8. The molecule has 4 unspecified atom stereocenters. The van der Waals surface area contributed by atoms with Gasteiger partial charge in [-0.05, 0) is 32.5 Å². The third-order valence-electron chi connectivity index (χ3n) is 3.63. The maximum absolute atomic E-state index is 6.22. The summed E-state index contributed by atoms with van der Waals surface area (Å²) in [5, 5.41) is 0. The van der Waals surface area contributed by atoms with Crippen LogP contribution in [0.4, 0.5) is 0 Å². The summed E-state index contributed by atoms with van der Waals surface area (Å²) in [4.78, 5) is 0. The highest BCUT2D eigenvalue weighted by molar-refractivity contribution is 6.80. The molecule has 0 bridgehead atoms. The lowest BCUT2D eigenvalue weighted by Gasteiger charge is -2.38. The minimum absolute atomic E-state index is 0.645. The highest BCUT2D eigenvalue weighted by atomic mass is 28.5. The third-order valence-corrected chi connectivity index (χ3v) is 20.3. The topological polar surface area (TPSA) is 64.6 Å². The molecule has 12 heteroatoms. The molecule has 0 saturated carbocycles. The second kappa shape index (κ2) is 11.6. The predicted octanol–water partition coefficient (Wildman–Crippen LogP) is 2.40. The van der Waals surface area contributed by atoms with Gasteiger partial charge in [0.05, 0.1) is 0 Å². The molecule has 4 atom stereocenters. The smallest absolute Gasteiger partial charge is 0.420 e. The second-order valence-corrected chi connectivity index (χ2v) is 18.7. The molecule has 1 rings (SSSR count). The Labute approximate surface area is 160 Å².